The predicted octanol–water partition coefficient (Wildman–Crippen LogP) is 7.92. The third kappa shape index (κ3) is 3.61. The van der Waals surface area contributed by atoms with Crippen LogP contribution in [0, 0.1) is 0 Å². The van der Waals surface area contributed by atoms with Crippen LogP contribution in [-0.2, 0) is 0 Å². The van der Waals surface area contributed by atoms with Gasteiger partial charge in [0.05, 0.1) is 45.8 Å². The van der Waals surface area contributed by atoms with Crippen molar-refractivity contribution < 1.29 is 9.47 Å². The van der Waals surface area contributed by atoms with Crippen LogP contribution in [0.3, 0.4) is 0 Å². The lowest BCUT2D eigenvalue weighted by atomic mass is 10.1. The lowest BCUT2D eigenvalue weighted by Gasteiger charge is -2.04. The van der Waals surface area contributed by atoms with E-state index in [9.17, 15) is 0 Å². The lowest BCUT2D eigenvalue weighted by Crippen LogP contribution is -1.86. The second kappa shape index (κ2) is 8.56. The molecule has 6 heteroatoms. The van der Waals surface area contributed by atoms with Gasteiger partial charge in [-0.3, -0.25) is 0 Å². The van der Waals surface area contributed by atoms with Crippen molar-refractivity contribution in [3.8, 4) is 43.8 Å². The monoisotopic (exact) mass is 480 g/mol. The fourth-order valence-electron chi connectivity index (χ4n) is 4.09. The second-order valence-corrected chi connectivity index (χ2v) is 9.86. The predicted molar refractivity (Wildman–Crippen MR) is 142 cm³/mol. The molecule has 0 aliphatic carbocycles. The van der Waals surface area contributed by atoms with E-state index in [-0.39, 0.29) is 0 Å². The van der Waals surface area contributed by atoms with Gasteiger partial charge < -0.3 is 9.47 Å². The summed E-state index contributed by atoms with van der Waals surface area (Å²) in [5, 5.41) is 1.92. The molecule has 0 radical (unpaired) electrons. The summed E-state index contributed by atoms with van der Waals surface area (Å²) in [4.78, 5) is 9.83. The lowest BCUT2D eigenvalue weighted by molar-refractivity contribution is 0.416. The number of para-hydroxylation sites is 2. The van der Waals surface area contributed by atoms with E-state index in [1.165, 1.54) is 0 Å². The molecule has 2 heterocycles. The summed E-state index contributed by atoms with van der Waals surface area (Å²) in [6.07, 6.45) is 0. The number of aromatic nitrogens is 2. The Hall–Kier alpha value is -3.74. The normalized spacial score (nSPS) is 11.2. The van der Waals surface area contributed by atoms with Crippen LogP contribution >= 0.6 is 22.7 Å². The van der Waals surface area contributed by atoms with Crippen molar-refractivity contribution in [1.29, 1.82) is 0 Å². The highest BCUT2D eigenvalue weighted by Crippen LogP contribution is 2.39. The zero-order valence-electron chi connectivity index (χ0n) is 18.6. The van der Waals surface area contributed by atoms with Gasteiger partial charge in [0.1, 0.15) is 21.5 Å². The van der Waals surface area contributed by atoms with Crippen molar-refractivity contribution in [1.82, 2.24) is 9.97 Å². The van der Waals surface area contributed by atoms with Gasteiger partial charge in [0.2, 0.25) is 0 Å². The molecule has 4 aromatic carbocycles. The van der Waals surface area contributed by atoms with E-state index in [1.54, 1.807) is 36.9 Å². The molecule has 4 nitrogen and oxygen atoms in total. The maximum atomic E-state index is 5.53. The minimum atomic E-state index is 0.835. The number of ether oxygens (including phenoxy) is 2. The number of hydrogen-bond acceptors (Lipinski definition) is 6. The van der Waals surface area contributed by atoms with E-state index in [2.05, 4.69) is 36.4 Å². The van der Waals surface area contributed by atoms with Gasteiger partial charge >= 0.3 is 0 Å². The summed E-state index contributed by atoms with van der Waals surface area (Å²) in [5.74, 6) is 1.67. The molecule has 0 fully saturated rings. The average molecular weight is 481 g/mol. The molecule has 0 spiro atoms. The zero-order valence-corrected chi connectivity index (χ0v) is 20.2. The van der Waals surface area contributed by atoms with Crippen LogP contribution in [0.25, 0.3) is 52.7 Å². The van der Waals surface area contributed by atoms with Crippen molar-refractivity contribution in [2.45, 2.75) is 0 Å². The van der Waals surface area contributed by atoms with E-state index in [4.69, 9.17) is 19.4 Å². The molecular weight excluding hydrogens is 460 g/mol. The van der Waals surface area contributed by atoms with Gasteiger partial charge in [0.15, 0.2) is 0 Å². The minimum Gasteiger partial charge on any atom is -0.496 e. The van der Waals surface area contributed by atoms with Crippen molar-refractivity contribution in [2.75, 3.05) is 14.2 Å². The first kappa shape index (κ1) is 20.8. The third-order valence-corrected chi connectivity index (χ3v) is 7.92. The van der Waals surface area contributed by atoms with Crippen LogP contribution in [0.2, 0.25) is 0 Å². The summed E-state index contributed by atoms with van der Waals surface area (Å²) in [6, 6.07) is 28.9. The number of fused-ring (bicyclic) bond motifs is 2. The van der Waals surface area contributed by atoms with Crippen LogP contribution in [0.15, 0.2) is 84.9 Å². The van der Waals surface area contributed by atoms with E-state index < -0.39 is 0 Å². The molecule has 34 heavy (non-hydrogen) atoms. The van der Waals surface area contributed by atoms with Crippen molar-refractivity contribution in [3.63, 3.8) is 0 Å². The van der Waals surface area contributed by atoms with E-state index in [1.807, 2.05) is 48.5 Å². The molecule has 0 saturated heterocycles. The van der Waals surface area contributed by atoms with Gasteiger partial charge in [-0.15, -0.1) is 22.7 Å². The molecule has 0 amide bonds. The number of hydrogen-bond donors (Lipinski definition) is 0. The van der Waals surface area contributed by atoms with Gasteiger partial charge in [-0.2, -0.15) is 0 Å². The standard InChI is InChI=1S/C28H20N2O2S2/c1-31-23-9-5-3-7-19(23)27-29-21-15-17(11-13-25(21)33-27)18-12-14-26-22(16-18)30-28(34-26)20-8-4-6-10-24(20)32-2/h3-16H,1-2H3. The Kier molecular flexibility index (Phi) is 5.24. The molecule has 0 unspecified atom stereocenters. The van der Waals surface area contributed by atoms with E-state index in [0.717, 1.165) is 64.2 Å². The quantitative estimate of drug-likeness (QED) is 0.251. The molecule has 0 N–H and O–H groups in total. The van der Waals surface area contributed by atoms with Crippen LogP contribution in [0.1, 0.15) is 0 Å². The number of nitrogens with zero attached hydrogens (tertiary/aromatic N) is 2. The minimum absolute atomic E-state index is 0.835. The number of methoxy groups -OCH3 is 2. The molecule has 166 valence electrons. The van der Waals surface area contributed by atoms with E-state index >= 15 is 0 Å². The molecule has 0 atom stereocenters. The summed E-state index contributed by atoms with van der Waals surface area (Å²) < 4.78 is 13.4. The Balaban J connectivity index is 1.39. The Morgan fingerprint density at radius 1 is 0.559 bits per heavy atom. The first-order valence-electron chi connectivity index (χ1n) is 10.8. The highest BCUT2D eigenvalue weighted by Gasteiger charge is 2.14. The molecular formula is C28H20N2O2S2. The number of benzene rings is 4. The third-order valence-electron chi connectivity index (χ3n) is 5.78. The Morgan fingerprint density at radius 3 is 1.44 bits per heavy atom. The summed E-state index contributed by atoms with van der Waals surface area (Å²) >= 11 is 3.35. The van der Waals surface area contributed by atoms with Crippen LogP contribution in [-0.4, -0.2) is 24.2 Å². The van der Waals surface area contributed by atoms with E-state index in [0.29, 0.717) is 0 Å². The number of rotatable bonds is 5. The summed E-state index contributed by atoms with van der Waals surface area (Å²) in [7, 11) is 3.39. The molecule has 0 aliphatic rings. The van der Waals surface area contributed by atoms with Gasteiger partial charge in [0, 0.05) is 0 Å². The first-order valence-corrected chi connectivity index (χ1v) is 12.4. The van der Waals surface area contributed by atoms with Crippen molar-refractivity contribution in [2.24, 2.45) is 0 Å². The highest BCUT2D eigenvalue weighted by atomic mass is 32.1. The number of thiazole rings is 2. The van der Waals surface area contributed by atoms with Gasteiger partial charge in [-0.1, -0.05) is 36.4 Å². The topological polar surface area (TPSA) is 44.2 Å². The Morgan fingerprint density at radius 2 is 1.00 bits per heavy atom. The smallest absolute Gasteiger partial charge is 0.129 e. The maximum absolute atomic E-state index is 5.53. The molecule has 6 aromatic rings. The molecule has 0 saturated carbocycles. The second-order valence-electron chi connectivity index (χ2n) is 7.80. The molecule has 6 rings (SSSR count). The average Bonchev–Trinajstić information content (AvgIpc) is 3.51. The Labute approximate surface area is 205 Å². The van der Waals surface area contributed by atoms with Gasteiger partial charge in [-0.25, -0.2) is 9.97 Å². The van der Waals surface area contributed by atoms with Gasteiger partial charge in [-0.05, 0) is 59.7 Å². The zero-order chi connectivity index (χ0) is 23.1. The Bertz CT molecular complexity index is 1530. The van der Waals surface area contributed by atoms with Crippen molar-refractivity contribution >= 4 is 43.1 Å². The molecule has 2 aromatic heterocycles. The first-order chi connectivity index (χ1) is 16.7. The summed E-state index contributed by atoms with van der Waals surface area (Å²) in [6.45, 7) is 0. The summed E-state index contributed by atoms with van der Waals surface area (Å²) in [5.41, 5.74) is 6.24. The molecule has 0 bridgehead atoms. The largest absolute Gasteiger partial charge is 0.496 e. The fourth-order valence-corrected chi connectivity index (χ4v) is 6.04. The maximum Gasteiger partial charge on any atom is 0.129 e. The van der Waals surface area contributed by atoms with Crippen LogP contribution in [0.4, 0.5) is 0 Å². The van der Waals surface area contributed by atoms with Crippen LogP contribution < -0.4 is 9.47 Å². The van der Waals surface area contributed by atoms with Crippen molar-refractivity contribution in [3.05, 3.63) is 84.9 Å². The SMILES string of the molecule is COc1ccccc1-c1nc2cc(-c3ccc4sc(-c5ccccc5OC)nc4c3)ccc2s1. The fraction of sp³-hybridized carbons (Fsp3) is 0.0714. The van der Waals surface area contributed by atoms with Crippen LogP contribution in [0.5, 0.6) is 11.5 Å². The molecule has 0 aliphatic heterocycles. The van der Waals surface area contributed by atoms with Gasteiger partial charge in [0.25, 0.3) is 0 Å². The highest BCUT2D eigenvalue weighted by molar-refractivity contribution is 7.22.